The molecule has 0 aromatic rings. The third-order valence-electron chi connectivity index (χ3n) is 3.13. The highest BCUT2D eigenvalue weighted by Crippen LogP contribution is 2.14. The van der Waals surface area contributed by atoms with E-state index < -0.39 is 0 Å². The summed E-state index contributed by atoms with van der Waals surface area (Å²) in [6.07, 6.45) is 3.39. The first-order chi connectivity index (χ1) is 7.69. The van der Waals surface area contributed by atoms with Gasteiger partial charge in [-0.3, -0.25) is 4.99 Å². The van der Waals surface area contributed by atoms with Crippen molar-refractivity contribution in [2.75, 3.05) is 33.2 Å². The van der Waals surface area contributed by atoms with Gasteiger partial charge in [-0.05, 0) is 18.4 Å². The van der Waals surface area contributed by atoms with Gasteiger partial charge < -0.3 is 10.2 Å². The quantitative estimate of drug-likeness (QED) is 0.584. The number of nitrogens with zero attached hydrogens (tertiary/aromatic N) is 2. The van der Waals surface area contributed by atoms with Crippen molar-refractivity contribution in [3.63, 3.8) is 0 Å². The van der Waals surface area contributed by atoms with E-state index in [1.807, 2.05) is 7.05 Å². The molecule has 3 nitrogen and oxygen atoms in total. The lowest BCUT2D eigenvalue weighted by atomic mass is 10.00. The zero-order valence-electron chi connectivity index (χ0n) is 11.1. The van der Waals surface area contributed by atoms with Crippen LogP contribution in [0, 0.1) is 5.92 Å². The van der Waals surface area contributed by atoms with Crippen LogP contribution in [-0.2, 0) is 0 Å². The van der Waals surface area contributed by atoms with E-state index >= 15 is 0 Å². The molecule has 16 heavy (non-hydrogen) atoms. The molecule has 0 aliphatic carbocycles. The maximum Gasteiger partial charge on any atom is 0.123 e. The van der Waals surface area contributed by atoms with Gasteiger partial charge in [0.15, 0.2) is 0 Å². The van der Waals surface area contributed by atoms with Crippen LogP contribution >= 0.6 is 0 Å². The largest absolute Gasteiger partial charge is 0.354 e. The van der Waals surface area contributed by atoms with Crippen LogP contribution in [0.25, 0.3) is 0 Å². The second-order valence-corrected chi connectivity index (χ2v) is 4.55. The van der Waals surface area contributed by atoms with E-state index in [-0.39, 0.29) is 0 Å². The molecule has 3 heteroatoms. The normalized spacial score (nSPS) is 19.4. The predicted molar refractivity (Wildman–Crippen MR) is 71.0 cm³/mol. The van der Waals surface area contributed by atoms with E-state index in [1.165, 1.54) is 5.57 Å². The number of nitrogens with one attached hydrogen (secondary N) is 1. The van der Waals surface area contributed by atoms with Gasteiger partial charge >= 0.3 is 0 Å². The van der Waals surface area contributed by atoms with Gasteiger partial charge in [0.2, 0.25) is 0 Å². The summed E-state index contributed by atoms with van der Waals surface area (Å²) in [7, 11) is 1.89. The fraction of sp³-hybridized carbons (Fsp3) is 0.769. The molecule has 0 aromatic heterocycles. The van der Waals surface area contributed by atoms with Crippen molar-refractivity contribution in [1.82, 2.24) is 10.2 Å². The second-order valence-electron chi connectivity index (χ2n) is 4.55. The fourth-order valence-corrected chi connectivity index (χ4v) is 2.03. The summed E-state index contributed by atoms with van der Waals surface area (Å²) in [5.41, 5.74) is 1.49. The van der Waals surface area contributed by atoms with Crippen LogP contribution in [-0.4, -0.2) is 44.0 Å². The lowest BCUT2D eigenvalue weighted by Gasteiger charge is -2.29. The van der Waals surface area contributed by atoms with Gasteiger partial charge in [0.1, 0.15) is 5.84 Å². The molecule has 0 spiro atoms. The zero-order chi connectivity index (χ0) is 12.0. The van der Waals surface area contributed by atoms with Crippen molar-refractivity contribution in [3.05, 3.63) is 11.6 Å². The molecule has 0 radical (unpaired) electrons. The van der Waals surface area contributed by atoms with Crippen LogP contribution in [0.2, 0.25) is 0 Å². The summed E-state index contributed by atoms with van der Waals surface area (Å²) in [5, 5.41) is 3.37. The number of rotatable bonds is 3. The number of hydrogen-bond donors (Lipinski definition) is 1. The summed E-state index contributed by atoms with van der Waals surface area (Å²) in [6.45, 7) is 11.0. The van der Waals surface area contributed by atoms with Gasteiger partial charge in [-0.15, -0.1) is 0 Å². The Hall–Kier alpha value is -0.830. The Bertz CT molecular complexity index is 260. The van der Waals surface area contributed by atoms with Crippen molar-refractivity contribution in [1.29, 1.82) is 0 Å². The van der Waals surface area contributed by atoms with Crippen LogP contribution in [0.4, 0.5) is 0 Å². The molecule has 1 fully saturated rings. The highest BCUT2D eigenvalue weighted by Gasteiger charge is 2.13. The molecule has 1 aliphatic rings. The Morgan fingerprint density at radius 1 is 1.38 bits per heavy atom. The molecule has 92 valence electrons. The zero-order valence-corrected chi connectivity index (χ0v) is 11.1. The average molecular weight is 223 g/mol. The van der Waals surface area contributed by atoms with E-state index in [1.54, 1.807) is 0 Å². The molecule has 0 atom stereocenters. The Balaban J connectivity index is 2.73. The summed E-state index contributed by atoms with van der Waals surface area (Å²) < 4.78 is 0. The number of aliphatic imine (C=N–C) groups is 1. The standard InChI is InChI=1S/C13H25N3/c1-5-12(11(2)3)10-13(14-4)16-8-6-15-7-9-16/h10-11,15H,5-9H2,1-4H3/b12-10+,14-13?. The van der Waals surface area contributed by atoms with Crippen LogP contribution in [0.1, 0.15) is 27.2 Å². The molecule has 0 amide bonds. The van der Waals surface area contributed by atoms with E-state index in [0.29, 0.717) is 5.92 Å². The van der Waals surface area contributed by atoms with Gasteiger partial charge in [-0.1, -0.05) is 26.3 Å². The lowest BCUT2D eigenvalue weighted by Crippen LogP contribution is -2.46. The maximum absolute atomic E-state index is 4.42. The monoisotopic (exact) mass is 223 g/mol. The SMILES string of the molecule is CC/C(=C\C(=NC)N1CCNCC1)C(C)C. The van der Waals surface area contributed by atoms with Gasteiger partial charge in [-0.2, -0.15) is 0 Å². The second kappa shape index (κ2) is 6.69. The van der Waals surface area contributed by atoms with Crippen LogP contribution in [0.15, 0.2) is 16.6 Å². The Labute approximate surface area is 99.6 Å². The Morgan fingerprint density at radius 3 is 2.44 bits per heavy atom. The van der Waals surface area contributed by atoms with Crippen LogP contribution in [0.3, 0.4) is 0 Å². The molecule has 1 saturated heterocycles. The van der Waals surface area contributed by atoms with E-state index in [4.69, 9.17) is 0 Å². The minimum Gasteiger partial charge on any atom is -0.354 e. The maximum atomic E-state index is 4.42. The van der Waals surface area contributed by atoms with Crippen molar-refractivity contribution in [2.24, 2.45) is 10.9 Å². The Kier molecular flexibility index (Phi) is 5.53. The molecule has 1 rings (SSSR count). The Morgan fingerprint density at radius 2 is 2.00 bits per heavy atom. The molecule has 1 aliphatic heterocycles. The molecule has 1 N–H and O–H groups in total. The van der Waals surface area contributed by atoms with Crippen molar-refractivity contribution in [2.45, 2.75) is 27.2 Å². The first-order valence-electron chi connectivity index (χ1n) is 6.32. The summed E-state index contributed by atoms with van der Waals surface area (Å²) in [5.74, 6) is 1.76. The smallest absolute Gasteiger partial charge is 0.123 e. The fourth-order valence-electron chi connectivity index (χ4n) is 2.03. The average Bonchev–Trinajstić information content (AvgIpc) is 2.31. The minimum atomic E-state index is 0.615. The number of piperazine rings is 1. The van der Waals surface area contributed by atoms with Crippen LogP contribution < -0.4 is 5.32 Å². The summed E-state index contributed by atoms with van der Waals surface area (Å²) in [6, 6.07) is 0. The lowest BCUT2D eigenvalue weighted by molar-refractivity contribution is 0.358. The predicted octanol–water partition coefficient (Wildman–Crippen LogP) is 1.91. The molecule has 1 heterocycles. The molecular weight excluding hydrogens is 198 g/mol. The number of hydrogen-bond acceptors (Lipinski definition) is 2. The summed E-state index contributed by atoms with van der Waals surface area (Å²) in [4.78, 5) is 6.79. The van der Waals surface area contributed by atoms with Gasteiger partial charge in [0, 0.05) is 33.2 Å². The van der Waals surface area contributed by atoms with Crippen molar-refractivity contribution < 1.29 is 0 Å². The third-order valence-corrected chi connectivity index (χ3v) is 3.13. The molecule has 0 aromatic carbocycles. The third kappa shape index (κ3) is 3.63. The highest BCUT2D eigenvalue weighted by atomic mass is 15.2. The number of allylic oxidation sites excluding steroid dienone is 1. The summed E-state index contributed by atoms with van der Waals surface area (Å²) >= 11 is 0. The number of amidine groups is 1. The highest BCUT2D eigenvalue weighted by molar-refractivity contribution is 5.93. The molecular formula is C13H25N3. The molecule has 0 saturated carbocycles. The van der Waals surface area contributed by atoms with Crippen molar-refractivity contribution >= 4 is 5.84 Å². The van der Waals surface area contributed by atoms with Gasteiger partial charge in [-0.25, -0.2) is 0 Å². The first-order valence-corrected chi connectivity index (χ1v) is 6.32. The first kappa shape index (κ1) is 13.2. The van der Waals surface area contributed by atoms with E-state index in [2.05, 4.69) is 42.1 Å². The van der Waals surface area contributed by atoms with Crippen molar-refractivity contribution in [3.8, 4) is 0 Å². The molecule has 0 bridgehead atoms. The topological polar surface area (TPSA) is 27.6 Å². The van der Waals surface area contributed by atoms with E-state index in [0.717, 1.165) is 38.4 Å². The van der Waals surface area contributed by atoms with Gasteiger partial charge in [0.05, 0.1) is 0 Å². The van der Waals surface area contributed by atoms with E-state index in [9.17, 15) is 0 Å². The van der Waals surface area contributed by atoms with Gasteiger partial charge in [0.25, 0.3) is 0 Å². The minimum absolute atomic E-state index is 0.615. The van der Waals surface area contributed by atoms with Crippen LogP contribution in [0.5, 0.6) is 0 Å². The molecule has 0 unspecified atom stereocenters.